The van der Waals surface area contributed by atoms with Gasteiger partial charge in [-0.1, -0.05) is 17.3 Å². The maximum atomic E-state index is 12.9. The summed E-state index contributed by atoms with van der Waals surface area (Å²) in [6, 6.07) is 5.51. The van der Waals surface area contributed by atoms with Crippen LogP contribution in [0.1, 0.15) is 28.5 Å². The summed E-state index contributed by atoms with van der Waals surface area (Å²) in [5, 5.41) is 13.1. The Bertz CT molecular complexity index is 570. The Balaban J connectivity index is 2.32. The van der Waals surface area contributed by atoms with Crippen molar-refractivity contribution in [1.29, 1.82) is 0 Å². The lowest BCUT2D eigenvalue weighted by atomic mass is 9.91. The van der Waals surface area contributed by atoms with Gasteiger partial charge in [0.05, 0.1) is 11.6 Å². The molecule has 0 saturated carbocycles. The molecule has 0 aliphatic heterocycles. The predicted octanol–water partition coefficient (Wildman–Crippen LogP) is 2.84. The van der Waals surface area contributed by atoms with Crippen LogP contribution in [0.5, 0.6) is 0 Å². The van der Waals surface area contributed by atoms with Crippen LogP contribution in [-0.2, 0) is 11.2 Å². The van der Waals surface area contributed by atoms with E-state index in [9.17, 15) is 14.3 Å². The second-order valence-corrected chi connectivity index (χ2v) is 4.45. The number of carbonyl (C=O) groups is 1. The van der Waals surface area contributed by atoms with Crippen LogP contribution in [0.4, 0.5) is 4.39 Å². The zero-order valence-corrected chi connectivity index (χ0v) is 10.7. The van der Waals surface area contributed by atoms with Crippen LogP contribution in [0.3, 0.4) is 0 Å². The second kappa shape index (κ2) is 5.22. The molecular weight excluding hydrogens is 249 g/mol. The van der Waals surface area contributed by atoms with E-state index < -0.39 is 11.9 Å². The number of carboxylic acid groups (broad SMARTS) is 1. The summed E-state index contributed by atoms with van der Waals surface area (Å²) >= 11 is 0. The van der Waals surface area contributed by atoms with E-state index in [1.165, 1.54) is 24.3 Å². The number of hydrogen-bond donors (Lipinski definition) is 1. The molecule has 1 aromatic heterocycles. The maximum Gasteiger partial charge on any atom is 0.311 e. The number of benzene rings is 1. The van der Waals surface area contributed by atoms with Crippen LogP contribution in [0.15, 0.2) is 28.8 Å². The Hall–Kier alpha value is -2.17. The molecule has 1 N–H and O–H groups in total. The monoisotopic (exact) mass is 263 g/mol. The van der Waals surface area contributed by atoms with Gasteiger partial charge >= 0.3 is 5.97 Å². The van der Waals surface area contributed by atoms with Gasteiger partial charge in [0.25, 0.3) is 0 Å². The Morgan fingerprint density at radius 1 is 1.37 bits per heavy atom. The molecule has 0 radical (unpaired) electrons. The molecule has 1 atom stereocenters. The number of aliphatic carboxylic acids is 1. The SMILES string of the molecule is Cc1noc(C)c1CC(C(=O)O)c1ccc(F)cc1. The lowest BCUT2D eigenvalue weighted by molar-refractivity contribution is -0.138. The largest absolute Gasteiger partial charge is 0.481 e. The fourth-order valence-corrected chi connectivity index (χ4v) is 2.04. The molecule has 0 saturated heterocycles. The molecule has 2 rings (SSSR count). The van der Waals surface area contributed by atoms with Crippen molar-refractivity contribution in [2.45, 2.75) is 26.2 Å². The highest BCUT2D eigenvalue weighted by atomic mass is 19.1. The van der Waals surface area contributed by atoms with Gasteiger partial charge in [-0.3, -0.25) is 4.79 Å². The Morgan fingerprint density at radius 2 is 2.00 bits per heavy atom. The second-order valence-electron chi connectivity index (χ2n) is 4.45. The molecule has 0 aliphatic rings. The summed E-state index contributed by atoms with van der Waals surface area (Å²) < 4.78 is 17.9. The molecule has 100 valence electrons. The van der Waals surface area contributed by atoms with E-state index >= 15 is 0 Å². The maximum absolute atomic E-state index is 12.9. The lowest BCUT2D eigenvalue weighted by Crippen LogP contribution is -2.15. The molecular formula is C14H14FNO3. The van der Waals surface area contributed by atoms with Crippen LogP contribution in [0, 0.1) is 19.7 Å². The third-order valence-corrected chi connectivity index (χ3v) is 3.16. The van der Waals surface area contributed by atoms with Crippen molar-refractivity contribution in [2.24, 2.45) is 0 Å². The van der Waals surface area contributed by atoms with Crippen LogP contribution in [0.25, 0.3) is 0 Å². The summed E-state index contributed by atoms with van der Waals surface area (Å²) in [6.07, 6.45) is 0.280. The Morgan fingerprint density at radius 3 is 2.47 bits per heavy atom. The van der Waals surface area contributed by atoms with E-state index in [1.54, 1.807) is 13.8 Å². The van der Waals surface area contributed by atoms with Crippen LogP contribution in [-0.4, -0.2) is 16.2 Å². The predicted molar refractivity (Wildman–Crippen MR) is 66.5 cm³/mol. The van der Waals surface area contributed by atoms with E-state index in [2.05, 4.69) is 5.16 Å². The highest BCUT2D eigenvalue weighted by Gasteiger charge is 2.23. The van der Waals surface area contributed by atoms with Gasteiger partial charge in [-0.05, 0) is 38.0 Å². The summed E-state index contributed by atoms with van der Waals surface area (Å²) in [6.45, 7) is 3.52. The van der Waals surface area contributed by atoms with Gasteiger partial charge < -0.3 is 9.63 Å². The number of halogens is 1. The van der Waals surface area contributed by atoms with E-state index in [1.807, 2.05) is 0 Å². The third-order valence-electron chi connectivity index (χ3n) is 3.16. The normalized spacial score (nSPS) is 12.4. The number of rotatable bonds is 4. The minimum absolute atomic E-state index is 0.280. The first-order chi connectivity index (χ1) is 8.99. The minimum Gasteiger partial charge on any atom is -0.481 e. The summed E-state index contributed by atoms with van der Waals surface area (Å²) in [5.74, 6) is -1.46. The van der Waals surface area contributed by atoms with Gasteiger partial charge in [0.2, 0.25) is 0 Å². The highest BCUT2D eigenvalue weighted by Crippen LogP contribution is 2.25. The quantitative estimate of drug-likeness (QED) is 0.921. The van der Waals surface area contributed by atoms with Crippen molar-refractivity contribution in [3.05, 3.63) is 52.7 Å². The van der Waals surface area contributed by atoms with E-state index in [0.717, 1.165) is 5.56 Å². The average molecular weight is 263 g/mol. The van der Waals surface area contributed by atoms with Crippen molar-refractivity contribution in [2.75, 3.05) is 0 Å². The fourth-order valence-electron chi connectivity index (χ4n) is 2.04. The summed E-state index contributed by atoms with van der Waals surface area (Å²) in [7, 11) is 0. The lowest BCUT2D eigenvalue weighted by Gasteiger charge is -2.12. The van der Waals surface area contributed by atoms with Crippen molar-refractivity contribution in [1.82, 2.24) is 5.16 Å². The molecule has 19 heavy (non-hydrogen) atoms. The van der Waals surface area contributed by atoms with E-state index in [-0.39, 0.29) is 12.2 Å². The van der Waals surface area contributed by atoms with Crippen molar-refractivity contribution >= 4 is 5.97 Å². The highest BCUT2D eigenvalue weighted by molar-refractivity contribution is 5.76. The van der Waals surface area contributed by atoms with Gasteiger partial charge in [0.1, 0.15) is 11.6 Å². The molecule has 0 fully saturated rings. The number of aromatic nitrogens is 1. The number of carboxylic acids is 1. The molecule has 5 heteroatoms. The number of nitrogens with zero attached hydrogens (tertiary/aromatic N) is 1. The summed E-state index contributed by atoms with van der Waals surface area (Å²) in [5.41, 5.74) is 2.04. The van der Waals surface area contributed by atoms with Gasteiger partial charge in [-0.25, -0.2) is 4.39 Å². The number of hydrogen-bond acceptors (Lipinski definition) is 3. The first-order valence-corrected chi connectivity index (χ1v) is 5.89. The fraction of sp³-hybridized carbons (Fsp3) is 0.286. The first-order valence-electron chi connectivity index (χ1n) is 5.89. The molecule has 0 aliphatic carbocycles. The van der Waals surface area contributed by atoms with Crippen LogP contribution in [0.2, 0.25) is 0 Å². The third kappa shape index (κ3) is 2.81. The number of aryl methyl sites for hydroxylation is 2. The van der Waals surface area contributed by atoms with Crippen molar-refractivity contribution < 1.29 is 18.8 Å². The zero-order valence-electron chi connectivity index (χ0n) is 10.7. The van der Waals surface area contributed by atoms with Crippen LogP contribution >= 0.6 is 0 Å². The van der Waals surface area contributed by atoms with E-state index in [4.69, 9.17) is 4.52 Å². The molecule has 0 amide bonds. The minimum atomic E-state index is -0.952. The molecule has 1 aromatic carbocycles. The molecule has 1 heterocycles. The Kier molecular flexibility index (Phi) is 3.64. The van der Waals surface area contributed by atoms with Gasteiger partial charge in [0.15, 0.2) is 0 Å². The van der Waals surface area contributed by atoms with E-state index in [0.29, 0.717) is 17.0 Å². The smallest absolute Gasteiger partial charge is 0.311 e. The van der Waals surface area contributed by atoms with Crippen molar-refractivity contribution in [3.8, 4) is 0 Å². The van der Waals surface area contributed by atoms with Crippen LogP contribution < -0.4 is 0 Å². The molecule has 2 aromatic rings. The van der Waals surface area contributed by atoms with Gasteiger partial charge in [-0.15, -0.1) is 0 Å². The van der Waals surface area contributed by atoms with Gasteiger partial charge in [0, 0.05) is 5.56 Å². The Labute approximate surface area is 109 Å². The van der Waals surface area contributed by atoms with Gasteiger partial charge in [-0.2, -0.15) is 0 Å². The first kappa shape index (κ1) is 13.3. The molecule has 0 spiro atoms. The zero-order chi connectivity index (χ0) is 14.0. The standard InChI is InChI=1S/C14H14FNO3/c1-8-12(9(2)19-16-8)7-13(14(17)18)10-3-5-11(15)6-4-10/h3-6,13H,7H2,1-2H3,(H,17,18). The average Bonchev–Trinajstić information content (AvgIpc) is 2.68. The molecule has 0 bridgehead atoms. The topological polar surface area (TPSA) is 63.3 Å². The van der Waals surface area contributed by atoms with Crippen molar-refractivity contribution in [3.63, 3.8) is 0 Å². The molecule has 4 nitrogen and oxygen atoms in total. The molecule has 1 unspecified atom stereocenters. The summed E-state index contributed by atoms with van der Waals surface area (Å²) in [4.78, 5) is 11.4.